The fourth-order valence-corrected chi connectivity index (χ4v) is 0.893. The van der Waals surface area contributed by atoms with Crippen molar-refractivity contribution in [1.29, 1.82) is 0 Å². The van der Waals surface area contributed by atoms with Crippen LogP contribution in [0.25, 0.3) is 0 Å². The maximum Gasteiger partial charge on any atom is 0.316 e. The predicted octanol–water partition coefficient (Wildman–Crippen LogP) is 1.68. The molecule has 0 bridgehead atoms. The molecule has 0 saturated heterocycles. The molecular weight excluding hydrogens is 235 g/mol. The molecule has 0 aromatic heterocycles. The summed E-state index contributed by atoms with van der Waals surface area (Å²) in [4.78, 5) is 0. The molecule has 0 nitrogen and oxygen atoms in total. The molecule has 0 amide bonds. The van der Waals surface area contributed by atoms with E-state index >= 15 is 0 Å². The number of benzene rings is 1. The van der Waals surface area contributed by atoms with Crippen molar-refractivity contribution >= 4 is 45.6 Å². The quantitative estimate of drug-likeness (QED) is 0.481. The van der Waals surface area contributed by atoms with E-state index in [1.54, 1.807) is 0 Å². The average molecular weight is 244 g/mol. The summed E-state index contributed by atoms with van der Waals surface area (Å²) >= 11 is 2.30. The smallest absolute Gasteiger partial charge is 0.0583 e. The highest BCUT2D eigenvalue weighted by Crippen LogP contribution is 2.04. The van der Waals surface area contributed by atoms with Crippen LogP contribution in [0.2, 0.25) is 0 Å². The maximum absolute atomic E-state index is 2.30. The monoisotopic (exact) mass is 244 g/mol. The summed E-state index contributed by atoms with van der Waals surface area (Å²) in [6, 6.07) is 8.44. The Bertz CT molecular complexity index is 148. The van der Waals surface area contributed by atoms with Gasteiger partial charge in [0.2, 0.25) is 0 Å². The Morgan fingerprint density at radius 2 is 1.56 bits per heavy atom. The molecule has 0 heterocycles. The minimum absolute atomic E-state index is 0. The molecule has 0 radical (unpaired) electrons. The van der Waals surface area contributed by atoms with Crippen LogP contribution in [0, 0.1) is 10.5 Å². The van der Waals surface area contributed by atoms with Gasteiger partial charge >= 0.3 is 23.1 Å². The molecule has 0 spiro atoms. The Hall–Kier alpha value is 0.716. The first-order valence-corrected chi connectivity index (χ1v) is 3.59. The standard InChI is InChI=1S/C7H7I.Mg.2H/c1-6-2-4-7(8)5-3-6;;;/h2-5H,1H3;;;. The van der Waals surface area contributed by atoms with E-state index in [0.717, 1.165) is 0 Å². The van der Waals surface area contributed by atoms with E-state index in [-0.39, 0.29) is 23.1 Å². The Kier molecular flexibility index (Phi) is 4.88. The van der Waals surface area contributed by atoms with Gasteiger partial charge in [0.05, 0.1) is 0 Å². The second kappa shape index (κ2) is 4.52. The molecule has 46 valence electrons. The summed E-state index contributed by atoms with van der Waals surface area (Å²) in [5, 5.41) is 0. The van der Waals surface area contributed by atoms with Crippen LogP contribution < -0.4 is 0 Å². The SMILES string of the molecule is Cc1ccc(I)cc1.[MgH2]. The molecule has 9 heavy (non-hydrogen) atoms. The van der Waals surface area contributed by atoms with Gasteiger partial charge in [-0.05, 0) is 41.6 Å². The number of hydrogen-bond acceptors (Lipinski definition) is 0. The molecule has 1 aromatic carbocycles. The van der Waals surface area contributed by atoms with Gasteiger partial charge in [-0.15, -0.1) is 0 Å². The minimum Gasteiger partial charge on any atom is -0.0583 e. The first-order valence-electron chi connectivity index (χ1n) is 2.51. The number of hydrogen-bond donors (Lipinski definition) is 0. The number of halogens is 1. The van der Waals surface area contributed by atoms with Gasteiger partial charge in [0.15, 0.2) is 0 Å². The largest absolute Gasteiger partial charge is 0.316 e. The van der Waals surface area contributed by atoms with Crippen molar-refractivity contribution < 1.29 is 0 Å². The van der Waals surface area contributed by atoms with Crippen molar-refractivity contribution in [3.8, 4) is 0 Å². The highest BCUT2D eigenvalue weighted by Gasteiger charge is 1.81. The van der Waals surface area contributed by atoms with Crippen molar-refractivity contribution in [2.75, 3.05) is 0 Å². The second-order valence-electron chi connectivity index (χ2n) is 1.80. The van der Waals surface area contributed by atoms with Crippen molar-refractivity contribution in [1.82, 2.24) is 0 Å². The Balaban J connectivity index is 0.000000640. The lowest BCUT2D eigenvalue weighted by atomic mass is 10.2. The molecule has 2 heteroatoms. The summed E-state index contributed by atoms with van der Waals surface area (Å²) in [7, 11) is 0. The van der Waals surface area contributed by atoms with Crippen molar-refractivity contribution in [2.45, 2.75) is 6.92 Å². The minimum atomic E-state index is 0. The molecule has 0 atom stereocenters. The summed E-state index contributed by atoms with van der Waals surface area (Å²) in [6.45, 7) is 2.09. The molecule has 0 fully saturated rings. The molecular formula is C7H9IMg. The van der Waals surface area contributed by atoms with E-state index in [9.17, 15) is 0 Å². The van der Waals surface area contributed by atoms with Gasteiger partial charge < -0.3 is 0 Å². The predicted molar refractivity (Wildman–Crippen MR) is 52.4 cm³/mol. The molecule has 0 aliphatic heterocycles. The molecule has 0 saturated carbocycles. The van der Waals surface area contributed by atoms with Gasteiger partial charge in [0.1, 0.15) is 0 Å². The molecule has 1 rings (SSSR count). The van der Waals surface area contributed by atoms with E-state index < -0.39 is 0 Å². The third-order valence-corrected chi connectivity index (χ3v) is 1.73. The lowest BCUT2D eigenvalue weighted by molar-refractivity contribution is 1.46. The fraction of sp³-hybridized carbons (Fsp3) is 0.143. The highest BCUT2D eigenvalue weighted by atomic mass is 127. The zero-order valence-corrected chi connectivity index (χ0v) is 6.84. The van der Waals surface area contributed by atoms with Crippen LogP contribution >= 0.6 is 22.6 Å². The molecule has 0 N–H and O–H groups in total. The highest BCUT2D eigenvalue weighted by molar-refractivity contribution is 14.1. The zero-order valence-electron chi connectivity index (χ0n) is 4.69. The van der Waals surface area contributed by atoms with Gasteiger partial charge in [-0.1, -0.05) is 17.7 Å². The zero-order chi connectivity index (χ0) is 5.98. The van der Waals surface area contributed by atoms with Crippen molar-refractivity contribution in [2.24, 2.45) is 0 Å². The topological polar surface area (TPSA) is 0 Å². The van der Waals surface area contributed by atoms with E-state index in [1.165, 1.54) is 9.13 Å². The third-order valence-electron chi connectivity index (χ3n) is 1.01. The molecule has 0 aliphatic rings. The first kappa shape index (κ1) is 9.72. The summed E-state index contributed by atoms with van der Waals surface area (Å²) in [5.41, 5.74) is 1.32. The van der Waals surface area contributed by atoms with Crippen LogP contribution in [-0.2, 0) is 0 Å². The Morgan fingerprint density at radius 1 is 1.11 bits per heavy atom. The Labute approximate surface area is 85.3 Å². The van der Waals surface area contributed by atoms with E-state index in [1.807, 2.05) is 0 Å². The summed E-state index contributed by atoms with van der Waals surface area (Å²) < 4.78 is 1.30. The van der Waals surface area contributed by atoms with E-state index in [2.05, 4.69) is 53.8 Å². The second-order valence-corrected chi connectivity index (χ2v) is 3.04. The lowest BCUT2D eigenvalue weighted by Crippen LogP contribution is -1.69. The summed E-state index contributed by atoms with van der Waals surface area (Å²) in [6.07, 6.45) is 0. The van der Waals surface area contributed by atoms with Gasteiger partial charge in [0.25, 0.3) is 0 Å². The summed E-state index contributed by atoms with van der Waals surface area (Å²) in [5.74, 6) is 0. The van der Waals surface area contributed by atoms with E-state index in [0.29, 0.717) is 0 Å². The van der Waals surface area contributed by atoms with Gasteiger partial charge in [0, 0.05) is 3.57 Å². The van der Waals surface area contributed by atoms with Crippen LogP contribution in [0.5, 0.6) is 0 Å². The lowest BCUT2D eigenvalue weighted by Gasteiger charge is -1.88. The van der Waals surface area contributed by atoms with Gasteiger partial charge in [-0.2, -0.15) is 0 Å². The van der Waals surface area contributed by atoms with Gasteiger partial charge in [-0.3, -0.25) is 0 Å². The average Bonchev–Trinajstić information content (AvgIpc) is 1.77. The number of aryl methyl sites for hydroxylation is 1. The van der Waals surface area contributed by atoms with Crippen LogP contribution in [0.1, 0.15) is 5.56 Å². The normalized spacial score (nSPS) is 8.22. The fourth-order valence-electron chi connectivity index (χ4n) is 0.533. The van der Waals surface area contributed by atoms with Crippen molar-refractivity contribution in [3.63, 3.8) is 0 Å². The maximum atomic E-state index is 2.30. The van der Waals surface area contributed by atoms with Crippen LogP contribution in [0.3, 0.4) is 0 Å². The van der Waals surface area contributed by atoms with Crippen molar-refractivity contribution in [3.05, 3.63) is 33.4 Å². The third kappa shape index (κ3) is 3.42. The van der Waals surface area contributed by atoms with Gasteiger partial charge in [-0.25, -0.2) is 0 Å². The molecule has 0 unspecified atom stereocenters. The van der Waals surface area contributed by atoms with Crippen LogP contribution in [0.4, 0.5) is 0 Å². The Morgan fingerprint density at radius 3 is 1.89 bits per heavy atom. The van der Waals surface area contributed by atoms with Crippen LogP contribution in [0.15, 0.2) is 24.3 Å². The van der Waals surface area contributed by atoms with E-state index in [4.69, 9.17) is 0 Å². The molecule has 1 aromatic rings. The molecule has 0 aliphatic carbocycles. The first-order chi connectivity index (χ1) is 3.79. The number of rotatable bonds is 0. The van der Waals surface area contributed by atoms with Crippen LogP contribution in [-0.4, -0.2) is 23.1 Å².